The Labute approximate surface area is 90.4 Å². The number of ether oxygens (including phenoxy) is 1. The van der Waals surface area contributed by atoms with Crippen molar-refractivity contribution in [1.82, 2.24) is 15.5 Å². The van der Waals surface area contributed by atoms with E-state index in [-0.39, 0.29) is 0 Å². The van der Waals surface area contributed by atoms with Crippen LogP contribution in [0.4, 0.5) is 0 Å². The molecule has 1 aromatic heterocycles. The van der Waals surface area contributed by atoms with Gasteiger partial charge in [0.1, 0.15) is 0 Å². The molecule has 0 saturated carbocycles. The Morgan fingerprint density at radius 3 is 3.33 bits per heavy atom. The van der Waals surface area contributed by atoms with E-state index in [1.165, 1.54) is 17.7 Å². The first-order valence-electron chi connectivity index (χ1n) is 5.72. The Morgan fingerprint density at radius 2 is 2.60 bits per heavy atom. The summed E-state index contributed by atoms with van der Waals surface area (Å²) in [6.07, 6.45) is 4.21. The van der Waals surface area contributed by atoms with E-state index in [4.69, 9.17) is 4.74 Å². The Balaban J connectivity index is 1.95. The fourth-order valence-electron chi connectivity index (χ4n) is 1.98. The maximum Gasteiger partial charge on any atom is 0.0550 e. The monoisotopic (exact) mass is 209 g/mol. The fraction of sp³-hybridized carbons (Fsp3) is 0.727. The third-order valence-corrected chi connectivity index (χ3v) is 2.83. The number of nitrogens with zero attached hydrogens (tertiary/aromatic N) is 1. The summed E-state index contributed by atoms with van der Waals surface area (Å²) in [7, 11) is 0. The van der Waals surface area contributed by atoms with Crippen molar-refractivity contribution in [3.63, 3.8) is 0 Å². The second kappa shape index (κ2) is 5.28. The van der Waals surface area contributed by atoms with Crippen LogP contribution in [0.1, 0.15) is 36.9 Å². The van der Waals surface area contributed by atoms with Crippen LogP contribution in [-0.4, -0.2) is 30.0 Å². The molecule has 2 rings (SSSR count). The molecule has 1 saturated heterocycles. The van der Waals surface area contributed by atoms with Gasteiger partial charge in [-0.2, -0.15) is 5.10 Å². The average Bonchev–Trinajstić information content (AvgIpc) is 2.87. The SMILES string of the molecule is CCCNCc1cn[nH]c1C1CCOC1. The average molecular weight is 209 g/mol. The van der Waals surface area contributed by atoms with Crippen LogP contribution >= 0.6 is 0 Å². The standard InChI is InChI=1S/C11H19N3O/c1-2-4-12-6-10-7-13-14-11(10)9-3-5-15-8-9/h7,9,12H,2-6,8H2,1H3,(H,13,14). The zero-order valence-corrected chi connectivity index (χ0v) is 9.25. The van der Waals surface area contributed by atoms with Crippen LogP contribution in [-0.2, 0) is 11.3 Å². The molecule has 4 heteroatoms. The molecule has 4 nitrogen and oxygen atoms in total. The number of rotatable bonds is 5. The molecular formula is C11H19N3O. The summed E-state index contributed by atoms with van der Waals surface area (Å²) in [5.74, 6) is 0.519. The second-order valence-electron chi connectivity index (χ2n) is 4.05. The number of hydrogen-bond acceptors (Lipinski definition) is 3. The minimum Gasteiger partial charge on any atom is -0.381 e. The van der Waals surface area contributed by atoms with Crippen molar-refractivity contribution in [3.05, 3.63) is 17.5 Å². The molecule has 1 aliphatic heterocycles. The third-order valence-electron chi connectivity index (χ3n) is 2.83. The topological polar surface area (TPSA) is 49.9 Å². The highest BCUT2D eigenvalue weighted by atomic mass is 16.5. The molecule has 0 amide bonds. The predicted molar refractivity (Wildman–Crippen MR) is 58.8 cm³/mol. The van der Waals surface area contributed by atoms with Crippen LogP contribution < -0.4 is 5.32 Å². The van der Waals surface area contributed by atoms with E-state index in [1.807, 2.05) is 6.20 Å². The van der Waals surface area contributed by atoms with E-state index in [9.17, 15) is 0 Å². The van der Waals surface area contributed by atoms with Gasteiger partial charge in [0.2, 0.25) is 0 Å². The molecule has 1 fully saturated rings. The summed E-state index contributed by atoms with van der Waals surface area (Å²) < 4.78 is 5.39. The molecule has 2 N–H and O–H groups in total. The molecule has 1 aliphatic rings. The van der Waals surface area contributed by atoms with Crippen molar-refractivity contribution in [2.75, 3.05) is 19.8 Å². The molecule has 0 aromatic carbocycles. The lowest BCUT2D eigenvalue weighted by atomic mass is 10.0. The maximum atomic E-state index is 5.39. The minimum atomic E-state index is 0.519. The predicted octanol–water partition coefficient (Wildman–Crippen LogP) is 1.41. The minimum absolute atomic E-state index is 0.519. The number of hydrogen-bond donors (Lipinski definition) is 2. The molecule has 84 valence electrons. The maximum absolute atomic E-state index is 5.39. The molecular weight excluding hydrogens is 190 g/mol. The first-order valence-corrected chi connectivity index (χ1v) is 5.72. The lowest BCUT2D eigenvalue weighted by molar-refractivity contribution is 0.193. The van der Waals surface area contributed by atoms with Gasteiger partial charge in [-0.05, 0) is 19.4 Å². The van der Waals surface area contributed by atoms with Gasteiger partial charge in [-0.1, -0.05) is 6.92 Å². The van der Waals surface area contributed by atoms with Crippen LogP contribution in [0.15, 0.2) is 6.20 Å². The molecule has 1 atom stereocenters. The first kappa shape index (κ1) is 10.6. The summed E-state index contributed by atoms with van der Waals surface area (Å²) in [4.78, 5) is 0. The van der Waals surface area contributed by atoms with E-state index in [1.54, 1.807) is 0 Å². The van der Waals surface area contributed by atoms with Gasteiger partial charge < -0.3 is 10.1 Å². The highest BCUT2D eigenvalue weighted by molar-refractivity contribution is 5.21. The molecule has 2 heterocycles. The number of aromatic amines is 1. The quantitative estimate of drug-likeness (QED) is 0.721. The van der Waals surface area contributed by atoms with E-state index < -0.39 is 0 Å². The Bertz CT molecular complexity index is 292. The molecule has 1 unspecified atom stereocenters. The van der Waals surface area contributed by atoms with Crippen LogP contribution in [0.5, 0.6) is 0 Å². The van der Waals surface area contributed by atoms with E-state index in [0.717, 1.165) is 32.7 Å². The molecule has 0 aliphatic carbocycles. The highest BCUT2D eigenvalue weighted by Crippen LogP contribution is 2.25. The third kappa shape index (κ3) is 2.58. The Morgan fingerprint density at radius 1 is 1.67 bits per heavy atom. The van der Waals surface area contributed by atoms with E-state index >= 15 is 0 Å². The van der Waals surface area contributed by atoms with Crippen molar-refractivity contribution in [2.24, 2.45) is 0 Å². The van der Waals surface area contributed by atoms with Crippen molar-refractivity contribution in [1.29, 1.82) is 0 Å². The zero-order chi connectivity index (χ0) is 10.5. The number of H-pyrrole nitrogens is 1. The summed E-state index contributed by atoms with van der Waals surface area (Å²) in [5.41, 5.74) is 2.55. The normalized spacial score (nSPS) is 21.0. The molecule has 15 heavy (non-hydrogen) atoms. The van der Waals surface area contributed by atoms with Crippen LogP contribution in [0.25, 0.3) is 0 Å². The van der Waals surface area contributed by atoms with Gasteiger partial charge >= 0.3 is 0 Å². The van der Waals surface area contributed by atoms with E-state index in [2.05, 4.69) is 22.4 Å². The molecule has 0 radical (unpaired) electrons. The Kier molecular flexibility index (Phi) is 3.75. The number of aromatic nitrogens is 2. The summed E-state index contributed by atoms with van der Waals surface area (Å²) >= 11 is 0. The largest absolute Gasteiger partial charge is 0.381 e. The summed E-state index contributed by atoms with van der Waals surface area (Å²) in [6.45, 7) is 5.87. The van der Waals surface area contributed by atoms with Gasteiger partial charge in [-0.25, -0.2) is 0 Å². The van der Waals surface area contributed by atoms with Crippen LogP contribution in [0, 0.1) is 0 Å². The lowest BCUT2D eigenvalue weighted by Crippen LogP contribution is -2.15. The van der Waals surface area contributed by atoms with Gasteiger partial charge in [0.05, 0.1) is 12.8 Å². The van der Waals surface area contributed by atoms with Crippen LogP contribution in [0.2, 0.25) is 0 Å². The molecule has 0 bridgehead atoms. The second-order valence-corrected chi connectivity index (χ2v) is 4.05. The van der Waals surface area contributed by atoms with Gasteiger partial charge in [-0.3, -0.25) is 5.10 Å². The summed E-state index contributed by atoms with van der Waals surface area (Å²) in [6, 6.07) is 0. The Hall–Kier alpha value is -0.870. The van der Waals surface area contributed by atoms with Gasteiger partial charge in [0.15, 0.2) is 0 Å². The van der Waals surface area contributed by atoms with Crippen molar-refractivity contribution in [2.45, 2.75) is 32.2 Å². The van der Waals surface area contributed by atoms with Crippen molar-refractivity contribution < 1.29 is 4.74 Å². The summed E-state index contributed by atoms with van der Waals surface area (Å²) in [5, 5.41) is 10.6. The van der Waals surface area contributed by atoms with Gasteiger partial charge in [0.25, 0.3) is 0 Å². The van der Waals surface area contributed by atoms with E-state index in [0.29, 0.717) is 5.92 Å². The van der Waals surface area contributed by atoms with Crippen molar-refractivity contribution in [3.8, 4) is 0 Å². The zero-order valence-electron chi connectivity index (χ0n) is 9.25. The van der Waals surface area contributed by atoms with Gasteiger partial charge in [0, 0.05) is 30.3 Å². The molecule has 1 aromatic rings. The fourth-order valence-corrected chi connectivity index (χ4v) is 1.98. The molecule has 0 spiro atoms. The highest BCUT2D eigenvalue weighted by Gasteiger charge is 2.21. The first-order chi connectivity index (χ1) is 7.42. The lowest BCUT2D eigenvalue weighted by Gasteiger charge is -2.08. The number of nitrogens with one attached hydrogen (secondary N) is 2. The smallest absolute Gasteiger partial charge is 0.0550 e. The van der Waals surface area contributed by atoms with Crippen LogP contribution in [0.3, 0.4) is 0 Å². The van der Waals surface area contributed by atoms with Crippen molar-refractivity contribution >= 4 is 0 Å². The van der Waals surface area contributed by atoms with Gasteiger partial charge in [-0.15, -0.1) is 0 Å².